The molecule has 0 bridgehead atoms. The van der Waals surface area contributed by atoms with Gasteiger partial charge in [0.2, 0.25) is 10.0 Å². The van der Waals surface area contributed by atoms with Crippen LogP contribution in [0.2, 0.25) is 0 Å². The Morgan fingerprint density at radius 3 is 2.21 bits per heavy atom. The van der Waals surface area contributed by atoms with Crippen molar-refractivity contribution in [2.45, 2.75) is 37.8 Å². The van der Waals surface area contributed by atoms with Crippen molar-refractivity contribution >= 4 is 27.6 Å². The Kier molecular flexibility index (Phi) is 7.67. The van der Waals surface area contributed by atoms with Gasteiger partial charge >= 0.3 is 12.1 Å². The van der Waals surface area contributed by atoms with Gasteiger partial charge in [0.05, 0.1) is 16.4 Å². The number of hydrogen-bond acceptors (Lipinski definition) is 5. The molecule has 11 heteroatoms. The van der Waals surface area contributed by atoms with Crippen LogP contribution in [0.3, 0.4) is 0 Å². The van der Waals surface area contributed by atoms with Crippen molar-refractivity contribution in [2.24, 2.45) is 5.92 Å². The van der Waals surface area contributed by atoms with E-state index in [0.29, 0.717) is 0 Å². The molecule has 0 unspecified atom stereocenters. The quantitative estimate of drug-likeness (QED) is 0.610. The van der Waals surface area contributed by atoms with Crippen LogP contribution in [0, 0.1) is 19.8 Å². The molecule has 0 atom stereocenters. The van der Waals surface area contributed by atoms with Crippen molar-refractivity contribution in [3.8, 4) is 0 Å². The number of rotatable bonds is 6. The molecule has 0 radical (unpaired) electrons. The lowest BCUT2D eigenvalue weighted by molar-refractivity contribution is -0.152. The van der Waals surface area contributed by atoms with Gasteiger partial charge in [-0.25, -0.2) is 8.42 Å². The first-order valence-corrected chi connectivity index (χ1v) is 12.0. The van der Waals surface area contributed by atoms with E-state index >= 15 is 0 Å². The van der Waals surface area contributed by atoms with Gasteiger partial charge < -0.3 is 10.1 Å². The van der Waals surface area contributed by atoms with Gasteiger partial charge in [0.25, 0.3) is 5.91 Å². The lowest BCUT2D eigenvalue weighted by Gasteiger charge is -2.30. The molecule has 1 aliphatic heterocycles. The fourth-order valence-corrected chi connectivity index (χ4v) is 5.10. The van der Waals surface area contributed by atoms with E-state index in [2.05, 4.69) is 5.32 Å². The van der Waals surface area contributed by atoms with Gasteiger partial charge in [0.15, 0.2) is 6.61 Å². The summed E-state index contributed by atoms with van der Waals surface area (Å²) >= 11 is 0. The number of hydrogen-bond donors (Lipinski definition) is 1. The number of esters is 1. The van der Waals surface area contributed by atoms with E-state index in [9.17, 15) is 31.2 Å². The summed E-state index contributed by atoms with van der Waals surface area (Å²) in [7, 11) is -3.68. The monoisotopic (exact) mass is 498 g/mol. The van der Waals surface area contributed by atoms with E-state index < -0.39 is 46.2 Å². The first-order valence-electron chi connectivity index (χ1n) is 10.6. The Bertz CT molecular complexity index is 1160. The Hall–Kier alpha value is -2.92. The van der Waals surface area contributed by atoms with Crippen LogP contribution in [-0.2, 0) is 30.5 Å². The first kappa shape index (κ1) is 25.7. The molecular weight excluding hydrogens is 473 g/mol. The summed E-state index contributed by atoms with van der Waals surface area (Å²) in [5, 5.41) is 2.36. The molecule has 1 heterocycles. The van der Waals surface area contributed by atoms with Crippen LogP contribution in [0.1, 0.15) is 29.5 Å². The number of nitrogens with zero attached hydrogens (tertiary/aromatic N) is 1. The average Bonchev–Trinajstić information content (AvgIpc) is 2.79. The predicted molar refractivity (Wildman–Crippen MR) is 118 cm³/mol. The van der Waals surface area contributed by atoms with E-state index in [4.69, 9.17) is 4.74 Å². The van der Waals surface area contributed by atoms with Gasteiger partial charge in [0.1, 0.15) is 0 Å². The Balaban J connectivity index is 1.48. The maximum Gasteiger partial charge on any atom is 0.416 e. The Labute approximate surface area is 196 Å². The van der Waals surface area contributed by atoms with Crippen LogP contribution in [0.25, 0.3) is 0 Å². The highest BCUT2D eigenvalue weighted by atomic mass is 32.2. The number of alkyl halides is 3. The molecule has 2 aromatic rings. The second-order valence-corrected chi connectivity index (χ2v) is 10.1. The minimum absolute atomic E-state index is 0.138. The molecule has 0 spiro atoms. The van der Waals surface area contributed by atoms with Crippen LogP contribution in [-0.4, -0.2) is 44.3 Å². The highest BCUT2D eigenvalue weighted by Gasteiger charge is 2.33. The zero-order valence-corrected chi connectivity index (χ0v) is 19.5. The highest BCUT2D eigenvalue weighted by Crippen LogP contribution is 2.30. The first-order chi connectivity index (χ1) is 15.9. The molecule has 1 fully saturated rings. The normalized spacial score (nSPS) is 15.7. The number of anilines is 1. The maximum absolute atomic E-state index is 12.9. The van der Waals surface area contributed by atoms with Crippen LogP contribution >= 0.6 is 0 Å². The summed E-state index contributed by atoms with van der Waals surface area (Å²) in [5.41, 5.74) is 1.15. The fourth-order valence-electron chi connectivity index (χ4n) is 3.55. The topological polar surface area (TPSA) is 92.8 Å². The fraction of sp³-hybridized carbons (Fsp3) is 0.391. The number of carbonyl (C=O) groups is 2. The van der Waals surface area contributed by atoms with Crippen molar-refractivity contribution in [1.29, 1.82) is 0 Å². The molecule has 0 aliphatic carbocycles. The lowest BCUT2D eigenvalue weighted by atomic mass is 9.98. The third-order valence-electron chi connectivity index (χ3n) is 5.74. The number of halogens is 3. The number of sulfonamides is 1. The minimum atomic E-state index is -4.48. The lowest BCUT2D eigenvalue weighted by Crippen LogP contribution is -2.41. The van der Waals surface area contributed by atoms with Gasteiger partial charge in [0, 0.05) is 18.8 Å². The molecule has 2 aromatic carbocycles. The third kappa shape index (κ3) is 6.15. The van der Waals surface area contributed by atoms with Crippen LogP contribution in [0.5, 0.6) is 0 Å². The SMILES string of the molecule is Cc1ccc(S(=O)(=O)N2CCC(C(=O)OCC(=O)Nc3ccc(C(F)(F)F)cc3)CC2)cc1C. The number of nitrogens with one attached hydrogen (secondary N) is 1. The smallest absolute Gasteiger partial charge is 0.416 e. The van der Waals surface area contributed by atoms with Gasteiger partial charge in [-0.3, -0.25) is 9.59 Å². The standard InChI is InChI=1S/C23H25F3N2O5S/c1-15-3-8-20(13-16(15)2)34(31,32)28-11-9-17(10-12-28)22(30)33-14-21(29)27-19-6-4-18(5-7-19)23(24,25)26/h3-8,13,17H,9-12,14H2,1-2H3,(H,27,29). The molecule has 1 N–H and O–H groups in total. The van der Waals surface area contributed by atoms with Gasteiger partial charge in [-0.15, -0.1) is 0 Å². The van der Waals surface area contributed by atoms with Gasteiger partial charge in [-0.2, -0.15) is 17.5 Å². The van der Waals surface area contributed by atoms with E-state index in [0.717, 1.165) is 35.4 Å². The molecule has 0 saturated carbocycles. The zero-order valence-electron chi connectivity index (χ0n) is 18.7. The second-order valence-electron chi connectivity index (χ2n) is 8.16. The molecule has 1 amide bonds. The minimum Gasteiger partial charge on any atom is -0.455 e. The van der Waals surface area contributed by atoms with Crippen molar-refractivity contribution < 1.29 is 35.9 Å². The average molecular weight is 499 g/mol. The van der Waals surface area contributed by atoms with E-state index in [1.165, 1.54) is 4.31 Å². The number of carbonyl (C=O) groups excluding carboxylic acids is 2. The summed E-state index contributed by atoms with van der Waals surface area (Å²) in [6, 6.07) is 8.82. The molecule has 0 aromatic heterocycles. The number of piperidine rings is 1. The highest BCUT2D eigenvalue weighted by molar-refractivity contribution is 7.89. The summed E-state index contributed by atoms with van der Waals surface area (Å²) < 4.78 is 69.9. The molecule has 184 valence electrons. The van der Waals surface area contributed by atoms with Crippen molar-refractivity contribution in [2.75, 3.05) is 25.0 Å². The molecular formula is C23H25F3N2O5S. The Morgan fingerprint density at radius 1 is 1.03 bits per heavy atom. The number of aryl methyl sites for hydroxylation is 2. The number of benzene rings is 2. The Morgan fingerprint density at radius 2 is 1.65 bits per heavy atom. The van der Waals surface area contributed by atoms with Crippen molar-refractivity contribution in [3.05, 3.63) is 59.2 Å². The molecule has 3 rings (SSSR count). The van der Waals surface area contributed by atoms with Crippen LogP contribution in [0.15, 0.2) is 47.4 Å². The van der Waals surface area contributed by atoms with Crippen LogP contribution < -0.4 is 5.32 Å². The molecule has 34 heavy (non-hydrogen) atoms. The van der Waals surface area contributed by atoms with E-state index in [1.807, 2.05) is 13.8 Å². The summed E-state index contributed by atoms with van der Waals surface area (Å²) in [6.07, 6.45) is -3.97. The predicted octanol–water partition coefficient (Wildman–Crippen LogP) is 3.90. The summed E-state index contributed by atoms with van der Waals surface area (Å²) in [4.78, 5) is 24.5. The summed E-state index contributed by atoms with van der Waals surface area (Å²) in [6.45, 7) is 3.43. The van der Waals surface area contributed by atoms with Gasteiger partial charge in [-0.05, 0) is 74.2 Å². The molecule has 1 saturated heterocycles. The molecule has 1 aliphatic rings. The van der Waals surface area contributed by atoms with Crippen molar-refractivity contribution in [1.82, 2.24) is 4.31 Å². The van der Waals surface area contributed by atoms with Crippen LogP contribution in [0.4, 0.5) is 18.9 Å². The van der Waals surface area contributed by atoms with E-state index in [1.54, 1.807) is 18.2 Å². The number of amides is 1. The molecule has 7 nitrogen and oxygen atoms in total. The van der Waals surface area contributed by atoms with Gasteiger partial charge in [-0.1, -0.05) is 6.07 Å². The van der Waals surface area contributed by atoms with E-state index in [-0.39, 0.29) is 36.5 Å². The maximum atomic E-state index is 12.9. The third-order valence-corrected chi connectivity index (χ3v) is 7.64. The summed E-state index contributed by atoms with van der Waals surface area (Å²) in [5.74, 6) is -1.86. The zero-order chi connectivity index (χ0) is 25.1. The largest absolute Gasteiger partial charge is 0.455 e. The van der Waals surface area contributed by atoms with Crippen molar-refractivity contribution in [3.63, 3.8) is 0 Å². The number of ether oxygens (including phenoxy) is 1. The second kappa shape index (κ2) is 10.1.